The van der Waals surface area contributed by atoms with Crippen LogP contribution in [-0.2, 0) is 23.7 Å². The second-order valence-corrected chi connectivity index (χ2v) is 12.2. The highest BCUT2D eigenvalue weighted by atomic mass is 19.1. The van der Waals surface area contributed by atoms with E-state index in [0.29, 0.717) is 0 Å². The molecule has 2 aromatic rings. The predicted octanol–water partition coefficient (Wildman–Crippen LogP) is 4.95. The van der Waals surface area contributed by atoms with Gasteiger partial charge in [0.05, 0.1) is 18.9 Å². The monoisotopic (exact) mass is 585 g/mol. The molecule has 11 nitrogen and oxygen atoms in total. The van der Waals surface area contributed by atoms with Gasteiger partial charge in [0.25, 0.3) is 0 Å². The van der Waals surface area contributed by atoms with E-state index < -0.39 is 48.7 Å². The summed E-state index contributed by atoms with van der Waals surface area (Å²) in [6.07, 6.45) is 14.7. The first-order chi connectivity index (χ1) is 20.2. The predicted molar refractivity (Wildman–Crippen MR) is 150 cm³/mol. The molecule has 0 radical (unpaired) electrons. The van der Waals surface area contributed by atoms with Gasteiger partial charge in [0, 0.05) is 6.42 Å². The summed E-state index contributed by atoms with van der Waals surface area (Å²) in [5.41, 5.74) is 4.43. The van der Waals surface area contributed by atoms with Crippen LogP contribution in [0.25, 0.3) is 11.2 Å². The molecule has 2 saturated carbocycles. The largest absolute Gasteiger partial charge is 0.508 e. The zero-order valence-corrected chi connectivity index (χ0v) is 24.3. The standard InChI is InChI=1S/C30H40FN5O6/c1-4-30(16-40-29(38)39-11-6-5-8-19-12-20-9-7-10-21(13-19)14-20)22(41-27(37)18(2)3)15-23(42-30)36-17-33-24-25(32)34-28(31)35-26(24)36/h1,17-23H,5-16H2,2-3H3,(H2,32,34,35)/t19?,20?,21?,22-,23+,30+/m0/s1. The number of hydrogen-bond acceptors (Lipinski definition) is 10. The smallest absolute Gasteiger partial charge is 0.458 e. The summed E-state index contributed by atoms with van der Waals surface area (Å²) in [5, 5.41) is 0. The third-order valence-corrected chi connectivity index (χ3v) is 8.84. The van der Waals surface area contributed by atoms with Crippen molar-refractivity contribution in [1.29, 1.82) is 0 Å². The van der Waals surface area contributed by atoms with Gasteiger partial charge in [0.15, 0.2) is 17.0 Å². The Labute approximate surface area is 245 Å². The summed E-state index contributed by atoms with van der Waals surface area (Å²) in [6, 6.07) is 0. The van der Waals surface area contributed by atoms with Gasteiger partial charge in [0.1, 0.15) is 18.9 Å². The van der Waals surface area contributed by atoms with E-state index in [2.05, 4.69) is 20.9 Å². The molecule has 0 spiro atoms. The van der Waals surface area contributed by atoms with Gasteiger partial charge >= 0.3 is 18.2 Å². The van der Waals surface area contributed by atoms with Crippen LogP contribution in [0.5, 0.6) is 0 Å². The molecule has 228 valence electrons. The average Bonchev–Trinajstić information content (AvgIpc) is 3.53. The molecule has 2 bridgehead atoms. The molecule has 2 aromatic heterocycles. The Kier molecular flexibility index (Phi) is 9.16. The number of imidazole rings is 1. The van der Waals surface area contributed by atoms with Crippen molar-refractivity contribution in [1.82, 2.24) is 19.5 Å². The molecular weight excluding hydrogens is 545 g/mol. The van der Waals surface area contributed by atoms with Crippen LogP contribution in [-0.4, -0.2) is 56.6 Å². The molecule has 5 atom stereocenters. The van der Waals surface area contributed by atoms with E-state index in [0.717, 1.165) is 37.0 Å². The Morgan fingerprint density at radius 3 is 2.67 bits per heavy atom. The number of hydrogen-bond donors (Lipinski definition) is 1. The SMILES string of the molecule is C#C[C@]1(COC(=O)OCCCCC2CC3CCCC(C2)C3)O[C@@H](n2cnc3c(N)nc(F)nc32)C[C@@H]1OC(=O)C(C)C. The molecule has 2 aliphatic carbocycles. The van der Waals surface area contributed by atoms with Gasteiger partial charge in [-0.1, -0.05) is 45.5 Å². The average molecular weight is 586 g/mol. The maximum atomic E-state index is 13.9. The molecule has 2 N–H and O–H groups in total. The summed E-state index contributed by atoms with van der Waals surface area (Å²) < 4.78 is 37.9. The molecule has 3 fully saturated rings. The second kappa shape index (κ2) is 12.8. The van der Waals surface area contributed by atoms with Crippen molar-refractivity contribution in [3.05, 3.63) is 12.4 Å². The number of nitrogens with two attached hydrogens (primary N) is 1. The van der Waals surface area contributed by atoms with Crippen molar-refractivity contribution in [2.45, 2.75) is 96.0 Å². The quantitative estimate of drug-likeness (QED) is 0.176. The van der Waals surface area contributed by atoms with Gasteiger partial charge in [-0.25, -0.2) is 9.78 Å². The first kappa shape index (κ1) is 30.0. The van der Waals surface area contributed by atoms with E-state index in [1.807, 2.05) is 0 Å². The van der Waals surface area contributed by atoms with Crippen LogP contribution in [0.3, 0.4) is 0 Å². The Balaban J connectivity index is 1.17. The number of anilines is 1. The number of unbranched alkanes of at least 4 members (excludes halogenated alkanes) is 1. The highest BCUT2D eigenvalue weighted by molar-refractivity contribution is 5.81. The first-order valence-corrected chi connectivity index (χ1v) is 15.0. The fraction of sp³-hybridized carbons (Fsp3) is 0.700. The van der Waals surface area contributed by atoms with Crippen LogP contribution in [0.2, 0.25) is 0 Å². The topological polar surface area (TPSA) is 141 Å². The number of carbonyl (C=O) groups is 2. The lowest BCUT2D eigenvalue weighted by molar-refractivity contribution is -0.162. The van der Waals surface area contributed by atoms with Crippen molar-refractivity contribution in [2.75, 3.05) is 18.9 Å². The third-order valence-electron chi connectivity index (χ3n) is 8.84. The van der Waals surface area contributed by atoms with Gasteiger partial charge in [-0.2, -0.15) is 14.4 Å². The van der Waals surface area contributed by atoms with Gasteiger partial charge in [-0.3, -0.25) is 9.36 Å². The Hall–Kier alpha value is -3.46. The number of aromatic nitrogens is 4. The number of ether oxygens (including phenoxy) is 4. The summed E-state index contributed by atoms with van der Waals surface area (Å²) in [5.74, 6) is 4.04. The molecule has 1 saturated heterocycles. The molecule has 2 unspecified atom stereocenters. The van der Waals surface area contributed by atoms with E-state index in [9.17, 15) is 14.0 Å². The van der Waals surface area contributed by atoms with Crippen molar-refractivity contribution in [2.24, 2.45) is 23.7 Å². The number of rotatable bonds is 10. The zero-order valence-electron chi connectivity index (χ0n) is 24.3. The van der Waals surface area contributed by atoms with Gasteiger partial charge in [0.2, 0.25) is 5.60 Å². The van der Waals surface area contributed by atoms with Gasteiger partial charge in [-0.15, -0.1) is 6.42 Å². The van der Waals surface area contributed by atoms with Crippen molar-refractivity contribution < 1.29 is 32.9 Å². The van der Waals surface area contributed by atoms with Crippen LogP contribution in [0.4, 0.5) is 15.0 Å². The fourth-order valence-electron chi connectivity index (χ4n) is 6.75. The molecule has 0 aromatic carbocycles. The van der Waals surface area contributed by atoms with E-state index in [1.165, 1.54) is 49.4 Å². The molecule has 42 heavy (non-hydrogen) atoms. The number of nitrogens with zero attached hydrogens (tertiary/aromatic N) is 4. The number of nitrogen functional groups attached to an aromatic ring is 1. The van der Waals surface area contributed by atoms with E-state index in [1.54, 1.807) is 13.8 Å². The number of terminal acetylenes is 1. The molecule has 1 aliphatic heterocycles. The fourth-order valence-corrected chi connectivity index (χ4v) is 6.75. The summed E-state index contributed by atoms with van der Waals surface area (Å²) in [4.78, 5) is 36.5. The van der Waals surface area contributed by atoms with Crippen LogP contribution >= 0.6 is 0 Å². The lowest BCUT2D eigenvalue weighted by Gasteiger charge is -2.39. The van der Waals surface area contributed by atoms with E-state index >= 15 is 0 Å². The highest BCUT2D eigenvalue weighted by Crippen LogP contribution is 2.44. The first-order valence-electron chi connectivity index (χ1n) is 15.0. The maximum absolute atomic E-state index is 13.9. The molecule has 3 aliphatic rings. The minimum absolute atomic E-state index is 0.0704. The minimum Gasteiger partial charge on any atom is -0.458 e. The molecule has 12 heteroatoms. The van der Waals surface area contributed by atoms with Crippen molar-refractivity contribution in [3.63, 3.8) is 0 Å². The Bertz CT molecular complexity index is 1320. The summed E-state index contributed by atoms with van der Waals surface area (Å²) in [7, 11) is 0. The third kappa shape index (κ3) is 6.61. The maximum Gasteiger partial charge on any atom is 0.508 e. The zero-order chi connectivity index (χ0) is 29.9. The molecule has 0 amide bonds. The molecule has 5 rings (SSSR count). The van der Waals surface area contributed by atoms with E-state index in [4.69, 9.17) is 31.1 Å². The summed E-state index contributed by atoms with van der Waals surface area (Å²) in [6.45, 7) is 3.20. The lowest BCUT2D eigenvalue weighted by atomic mass is 9.67. The van der Waals surface area contributed by atoms with E-state index in [-0.39, 0.29) is 30.0 Å². The normalized spacial score (nSPS) is 28.9. The number of esters is 1. The molecule has 3 heterocycles. The van der Waals surface area contributed by atoms with Crippen LogP contribution in [0.1, 0.15) is 84.3 Å². The van der Waals surface area contributed by atoms with Gasteiger partial charge < -0.3 is 24.7 Å². The highest BCUT2D eigenvalue weighted by Gasteiger charge is 2.52. The lowest BCUT2D eigenvalue weighted by Crippen LogP contribution is -2.46. The second-order valence-electron chi connectivity index (χ2n) is 12.2. The number of carbonyl (C=O) groups excluding carboxylic acids is 2. The van der Waals surface area contributed by atoms with Crippen LogP contribution < -0.4 is 5.73 Å². The summed E-state index contributed by atoms with van der Waals surface area (Å²) >= 11 is 0. The Morgan fingerprint density at radius 1 is 1.19 bits per heavy atom. The van der Waals surface area contributed by atoms with Crippen LogP contribution in [0.15, 0.2) is 6.33 Å². The van der Waals surface area contributed by atoms with Crippen molar-refractivity contribution in [3.8, 4) is 12.3 Å². The minimum atomic E-state index is -1.62. The van der Waals surface area contributed by atoms with Gasteiger partial charge in [-0.05, 0) is 49.9 Å². The number of halogens is 1. The molecular formula is C30H40FN5O6. The number of fused-ring (bicyclic) bond motifs is 3. The Morgan fingerprint density at radius 2 is 1.95 bits per heavy atom. The van der Waals surface area contributed by atoms with Crippen molar-refractivity contribution >= 4 is 29.1 Å². The van der Waals surface area contributed by atoms with Crippen LogP contribution in [0, 0.1) is 42.1 Å².